The number of nitrogens with one attached hydrogen (secondary N) is 1. The van der Waals surface area contributed by atoms with Crippen molar-refractivity contribution >= 4 is 29.6 Å². The number of fused-ring (bicyclic) bond motifs is 4. The van der Waals surface area contributed by atoms with Gasteiger partial charge in [-0.25, -0.2) is 9.59 Å². The first-order chi connectivity index (χ1) is 13.3. The molecule has 28 heavy (non-hydrogen) atoms. The van der Waals surface area contributed by atoms with E-state index in [-0.39, 0.29) is 24.3 Å². The Kier molecular flexibility index (Phi) is 4.78. The Balaban J connectivity index is 2.28. The van der Waals surface area contributed by atoms with Gasteiger partial charge in [-0.2, -0.15) is 0 Å². The van der Waals surface area contributed by atoms with E-state index in [1.54, 1.807) is 19.9 Å². The van der Waals surface area contributed by atoms with E-state index in [1.165, 1.54) is 26.2 Å². The molecule has 1 aromatic carbocycles. The Labute approximate surface area is 161 Å². The molecule has 2 heterocycles. The monoisotopic (exact) mass is 391 g/mol. The number of methoxy groups -OCH3 is 1. The van der Waals surface area contributed by atoms with Crippen LogP contribution in [0.2, 0.25) is 0 Å². The Bertz CT molecular complexity index is 845. The van der Waals surface area contributed by atoms with Gasteiger partial charge in [0.1, 0.15) is 0 Å². The van der Waals surface area contributed by atoms with Gasteiger partial charge in [0.2, 0.25) is 5.41 Å². The van der Waals surface area contributed by atoms with Gasteiger partial charge in [0.15, 0.2) is 11.6 Å². The Morgan fingerprint density at radius 3 is 2.29 bits per heavy atom. The third kappa shape index (κ3) is 2.38. The van der Waals surface area contributed by atoms with E-state index in [2.05, 4.69) is 5.32 Å². The van der Waals surface area contributed by atoms with E-state index >= 15 is 0 Å². The smallest absolute Gasteiger partial charge is 0.337 e. The first kappa shape index (κ1) is 19.7. The Morgan fingerprint density at radius 2 is 1.75 bits per heavy atom. The third-order valence-corrected chi connectivity index (χ3v) is 5.18. The minimum atomic E-state index is -2.10. The molecule has 0 amide bonds. The van der Waals surface area contributed by atoms with Crippen molar-refractivity contribution in [3.8, 4) is 0 Å². The molecule has 2 bridgehead atoms. The Morgan fingerprint density at radius 1 is 1.14 bits per heavy atom. The number of carbonyl (C=O) groups excluding carboxylic acids is 4. The third-order valence-electron chi connectivity index (χ3n) is 5.18. The van der Waals surface area contributed by atoms with Gasteiger partial charge >= 0.3 is 23.9 Å². The summed E-state index contributed by atoms with van der Waals surface area (Å²) in [5.41, 5.74) is -2.93. The lowest BCUT2D eigenvalue weighted by molar-refractivity contribution is -0.187. The van der Waals surface area contributed by atoms with Crippen LogP contribution in [0.4, 0.5) is 5.69 Å². The fourth-order valence-electron chi connectivity index (χ4n) is 3.89. The van der Waals surface area contributed by atoms with Gasteiger partial charge in [0.25, 0.3) is 0 Å². The second-order valence-corrected chi connectivity index (χ2v) is 6.53. The zero-order valence-corrected chi connectivity index (χ0v) is 16.0. The molecular formula is C19H21NO8. The molecule has 2 aliphatic heterocycles. The van der Waals surface area contributed by atoms with Crippen LogP contribution < -0.4 is 5.32 Å². The number of anilines is 1. The summed E-state index contributed by atoms with van der Waals surface area (Å²) in [6.45, 7) is 4.60. The van der Waals surface area contributed by atoms with Crippen molar-refractivity contribution in [2.24, 2.45) is 5.41 Å². The minimum Gasteiger partial charge on any atom is -0.465 e. The van der Waals surface area contributed by atoms with E-state index in [4.69, 9.17) is 18.9 Å². The molecule has 3 rings (SSSR count). The lowest BCUT2D eigenvalue weighted by Crippen LogP contribution is -2.63. The van der Waals surface area contributed by atoms with Crippen LogP contribution in [-0.4, -0.2) is 50.2 Å². The van der Waals surface area contributed by atoms with Crippen molar-refractivity contribution in [2.45, 2.75) is 32.4 Å². The number of benzene rings is 1. The molecule has 2 aliphatic rings. The largest absolute Gasteiger partial charge is 0.465 e. The average Bonchev–Trinajstić information content (AvgIpc) is 2.82. The van der Waals surface area contributed by atoms with Crippen molar-refractivity contribution in [1.82, 2.24) is 0 Å². The zero-order valence-electron chi connectivity index (χ0n) is 16.0. The average molecular weight is 391 g/mol. The molecule has 1 fully saturated rings. The van der Waals surface area contributed by atoms with Crippen molar-refractivity contribution in [1.29, 1.82) is 0 Å². The van der Waals surface area contributed by atoms with Gasteiger partial charge < -0.3 is 24.3 Å². The van der Waals surface area contributed by atoms with Crippen LogP contribution in [0.25, 0.3) is 0 Å². The van der Waals surface area contributed by atoms with E-state index in [9.17, 15) is 19.2 Å². The first-order valence-electron chi connectivity index (χ1n) is 8.84. The highest BCUT2D eigenvalue weighted by Crippen LogP contribution is 2.58. The topological polar surface area (TPSA) is 117 Å². The highest BCUT2D eigenvalue weighted by molar-refractivity contribution is 6.11. The maximum Gasteiger partial charge on any atom is 0.337 e. The van der Waals surface area contributed by atoms with Crippen molar-refractivity contribution < 1.29 is 38.1 Å². The second-order valence-electron chi connectivity index (χ2n) is 6.53. The van der Waals surface area contributed by atoms with E-state index < -0.39 is 40.9 Å². The summed E-state index contributed by atoms with van der Waals surface area (Å²) in [4.78, 5) is 50.7. The van der Waals surface area contributed by atoms with Crippen LogP contribution in [0.5, 0.6) is 0 Å². The zero-order chi connectivity index (χ0) is 20.7. The van der Waals surface area contributed by atoms with Crippen molar-refractivity contribution in [2.75, 3.05) is 25.6 Å². The van der Waals surface area contributed by atoms with Gasteiger partial charge in [-0.15, -0.1) is 0 Å². The maximum atomic E-state index is 13.0. The number of esters is 4. The lowest BCUT2D eigenvalue weighted by atomic mass is 9.63. The highest BCUT2D eigenvalue weighted by atomic mass is 16.6. The van der Waals surface area contributed by atoms with Gasteiger partial charge in [0, 0.05) is 11.3 Å². The van der Waals surface area contributed by atoms with Gasteiger partial charge in [-0.05, 0) is 39.0 Å². The summed E-state index contributed by atoms with van der Waals surface area (Å²) in [5.74, 6) is -3.28. The summed E-state index contributed by atoms with van der Waals surface area (Å²) in [5, 5.41) is 2.89. The second kappa shape index (κ2) is 6.81. The van der Waals surface area contributed by atoms with E-state index in [0.29, 0.717) is 5.69 Å². The molecular weight excluding hydrogens is 370 g/mol. The lowest BCUT2D eigenvalue weighted by Gasteiger charge is -2.43. The minimum absolute atomic E-state index is 0.00790. The van der Waals surface area contributed by atoms with E-state index in [1.807, 2.05) is 0 Å². The normalized spacial score (nSPS) is 23.7. The Hall–Kier alpha value is -3.10. The van der Waals surface area contributed by atoms with Crippen LogP contribution in [0.15, 0.2) is 18.2 Å². The van der Waals surface area contributed by atoms with Crippen LogP contribution >= 0.6 is 0 Å². The summed E-state index contributed by atoms with van der Waals surface area (Å²) >= 11 is 0. The fourth-order valence-corrected chi connectivity index (χ4v) is 3.89. The molecule has 0 aliphatic carbocycles. The summed E-state index contributed by atoms with van der Waals surface area (Å²) in [6, 6.07) is 3.17. The molecule has 0 unspecified atom stereocenters. The molecule has 1 N–H and O–H groups in total. The van der Waals surface area contributed by atoms with Crippen molar-refractivity contribution in [3.63, 3.8) is 0 Å². The molecule has 0 aromatic heterocycles. The van der Waals surface area contributed by atoms with Gasteiger partial charge in [-0.1, -0.05) is 0 Å². The van der Waals surface area contributed by atoms with Crippen LogP contribution in [0.3, 0.4) is 0 Å². The first-order valence-corrected chi connectivity index (χ1v) is 8.84. The highest BCUT2D eigenvalue weighted by Gasteiger charge is 2.78. The number of hydrogen-bond acceptors (Lipinski definition) is 9. The number of hydrogen-bond donors (Lipinski definition) is 1. The van der Waals surface area contributed by atoms with E-state index in [0.717, 1.165) is 0 Å². The molecule has 9 nitrogen and oxygen atoms in total. The van der Waals surface area contributed by atoms with Crippen molar-refractivity contribution in [3.05, 3.63) is 29.3 Å². The number of carbonyl (C=O) groups is 4. The summed E-state index contributed by atoms with van der Waals surface area (Å²) in [6.07, 6.45) is 0. The fraction of sp³-hybridized carbons (Fsp3) is 0.474. The van der Waals surface area contributed by atoms with Crippen LogP contribution in [0.1, 0.15) is 36.7 Å². The molecule has 9 heteroatoms. The maximum absolute atomic E-state index is 13.0. The molecule has 2 atom stereocenters. The van der Waals surface area contributed by atoms with Gasteiger partial charge in [0.05, 0.1) is 25.9 Å². The molecule has 150 valence electrons. The standard InChI is InChI=1S/C19H21NO8/c1-5-26-16(23)19(17(24)27-6-2)13-15(22)28-18(19,3)11-9-10(14(21)25-4)7-8-12(11)20-13/h7-9,13,20H,5-6H2,1-4H3/t13-,18-/m1/s1. The molecule has 0 radical (unpaired) electrons. The molecule has 1 saturated heterocycles. The number of ether oxygens (including phenoxy) is 4. The number of rotatable bonds is 5. The quantitative estimate of drug-likeness (QED) is 0.448. The van der Waals surface area contributed by atoms with Crippen LogP contribution in [-0.2, 0) is 38.9 Å². The molecule has 0 spiro atoms. The SMILES string of the molecule is CCOC(=O)C1(C(=O)OCC)[C@@H]2Nc3ccc(C(=O)OC)cc3[C@@]1(C)OC2=O. The molecule has 0 saturated carbocycles. The summed E-state index contributed by atoms with van der Waals surface area (Å²) < 4.78 is 20.6. The predicted octanol–water partition coefficient (Wildman–Crippen LogP) is 1.15. The van der Waals surface area contributed by atoms with Crippen LogP contribution in [0, 0.1) is 5.41 Å². The predicted molar refractivity (Wildman–Crippen MR) is 94.3 cm³/mol. The summed E-state index contributed by atoms with van der Waals surface area (Å²) in [7, 11) is 1.23. The molecule has 1 aromatic rings. The van der Waals surface area contributed by atoms with Gasteiger partial charge in [-0.3, -0.25) is 9.59 Å².